The summed E-state index contributed by atoms with van der Waals surface area (Å²) >= 11 is 12.9. The molecule has 0 radical (unpaired) electrons. The maximum atomic E-state index is 12.1. The Balaban J connectivity index is 1.72. The second kappa shape index (κ2) is 8.24. The summed E-state index contributed by atoms with van der Waals surface area (Å²) in [6, 6.07) is 13.9. The highest BCUT2D eigenvalue weighted by molar-refractivity contribution is 8.15. The molecule has 0 spiro atoms. The molecule has 0 atom stereocenters. The van der Waals surface area contributed by atoms with Gasteiger partial charge in [0, 0.05) is 21.4 Å². The highest BCUT2D eigenvalue weighted by atomic mass is 35.5. The molecule has 2 aromatic carbocycles. The number of carbonyl (C=O) groups excluding carboxylic acids is 2. The third-order valence-corrected chi connectivity index (χ3v) is 5.03. The number of halogens is 2. The minimum atomic E-state index is -0.441. The lowest BCUT2D eigenvalue weighted by molar-refractivity contribution is -0.115. The van der Waals surface area contributed by atoms with Crippen LogP contribution in [-0.4, -0.2) is 31.9 Å². The van der Waals surface area contributed by atoms with Crippen molar-refractivity contribution >= 4 is 75.3 Å². The van der Waals surface area contributed by atoms with Crippen molar-refractivity contribution in [3.05, 3.63) is 58.6 Å². The van der Waals surface area contributed by atoms with Crippen molar-refractivity contribution in [3.63, 3.8) is 0 Å². The third kappa shape index (κ3) is 4.58. The summed E-state index contributed by atoms with van der Waals surface area (Å²) in [6.07, 6.45) is 0. The monoisotopic (exact) mass is 446 g/mol. The number of hydrogen-bond donors (Lipinski definition) is 2. The molecule has 0 saturated carbocycles. The van der Waals surface area contributed by atoms with Crippen LogP contribution >= 0.6 is 35.0 Å². The Labute approximate surface area is 179 Å². The number of hydrogen-bond acceptors (Lipinski definition) is 8. The molecule has 3 aromatic rings. The number of anilines is 5. The Kier molecular flexibility index (Phi) is 5.52. The largest absolute Gasteiger partial charge is 0.324 e. The molecule has 0 unspecified atom stereocenters. The summed E-state index contributed by atoms with van der Waals surface area (Å²) < 4.78 is 0. The van der Waals surface area contributed by atoms with E-state index in [1.807, 2.05) is 0 Å². The van der Waals surface area contributed by atoms with Crippen molar-refractivity contribution in [2.75, 3.05) is 21.3 Å². The molecule has 1 aromatic heterocycles. The summed E-state index contributed by atoms with van der Waals surface area (Å²) in [5.41, 5.74) is 1.27. The average Bonchev–Trinajstić information content (AvgIpc) is 3.00. The lowest BCUT2D eigenvalue weighted by atomic mass is 10.3. The SMILES string of the molecule is O=C1CSC(=O)N1c1nc(Nc2cccc(Cl)c2)nc(Nc2cccc(Cl)c2)n1. The first-order valence-electron chi connectivity index (χ1n) is 8.29. The van der Waals surface area contributed by atoms with Gasteiger partial charge in [0.05, 0.1) is 5.75 Å². The normalized spacial score (nSPS) is 13.7. The van der Waals surface area contributed by atoms with Gasteiger partial charge < -0.3 is 10.6 Å². The van der Waals surface area contributed by atoms with Crippen LogP contribution in [0.15, 0.2) is 48.5 Å². The Morgan fingerprint density at radius 2 is 1.41 bits per heavy atom. The number of carbonyl (C=O) groups is 2. The summed E-state index contributed by atoms with van der Waals surface area (Å²) in [5, 5.41) is 6.63. The highest BCUT2D eigenvalue weighted by Crippen LogP contribution is 2.27. The van der Waals surface area contributed by atoms with E-state index in [-0.39, 0.29) is 23.6 Å². The predicted molar refractivity (Wildman–Crippen MR) is 115 cm³/mol. The van der Waals surface area contributed by atoms with Crippen LogP contribution in [-0.2, 0) is 4.79 Å². The van der Waals surface area contributed by atoms with Gasteiger partial charge in [-0.3, -0.25) is 9.59 Å². The molecule has 2 amide bonds. The van der Waals surface area contributed by atoms with Gasteiger partial charge in [0.2, 0.25) is 23.8 Å². The standard InChI is InChI=1S/C18H12Cl2N6O2S/c19-10-3-1-5-12(7-10)21-15-23-16(22-13-6-2-4-11(20)8-13)25-17(24-15)26-14(27)9-29-18(26)28/h1-8H,9H2,(H2,21,22,23,24,25). The molecular weight excluding hydrogens is 435 g/mol. The number of nitrogens with one attached hydrogen (secondary N) is 2. The molecule has 1 fully saturated rings. The van der Waals surface area contributed by atoms with E-state index in [1.54, 1.807) is 48.5 Å². The lowest BCUT2D eigenvalue weighted by Gasteiger charge is -2.14. The Morgan fingerprint density at radius 1 is 0.862 bits per heavy atom. The molecule has 2 N–H and O–H groups in total. The van der Waals surface area contributed by atoms with Crippen LogP contribution in [0.3, 0.4) is 0 Å². The predicted octanol–water partition coefficient (Wildman–Crippen LogP) is 4.87. The first-order chi connectivity index (χ1) is 14.0. The molecule has 4 rings (SSSR count). The first kappa shape index (κ1) is 19.4. The van der Waals surface area contributed by atoms with Crippen LogP contribution in [0.25, 0.3) is 0 Å². The molecule has 1 saturated heterocycles. The van der Waals surface area contributed by atoms with Crippen molar-refractivity contribution in [1.29, 1.82) is 0 Å². The van der Waals surface area contributed by atoms with Gasteiger partial charge in [-0.15, -0.1) is 0 Å². The summed E-state index contributed by atoms with van der Waals surface area (Å²) in [5.74, 6) is -0.153. The fourth-order valence-corrected chi connectivity index (χ4v) is 3.58. The van der Waals surface area contributed by atoms with Crippen molar-refractivity contribution in [3.8, 4) is 0 Å². The van der Waals surface area contributed by atoms with Crippen LogP contribution in [0.4, 0.5) is 34.0 Å². The molecule has 1 aliphatic rings. The quantitative estimate of drug-likeness (QED) is 0.572. The third-order valence-electron chi connectivity index (χ3n) is 3.74. The summed E-state index contributed by atoms with van der Waals surface area (Å²) in [6.45, 7) is 0. The summed E-state index contributed by atoms with van der Waals surface area (Å²) in [7, 11) is 0. The fraction of sp³-hybridized carbons (Fsp3) is 0.0556. The Hall–Kier alpha value is -2.88. The van der Waals surface area contributed by atoms with Gasteiger partial charge in [-0.1, -0.05) is 47.1 Å². The number of rotatable bonds is 5. The van der Waals surface area contributed by atoms with E-state index in [9.17, 15) is 9.59 Å². The Bertz CT molecular complexity index is 1030. The number of thioether (sulfide) groups is 1. The van der Waals surface area contributed by atoms with Gasteiger partial charge in [-0.25, -0.2) is 4.90 Å². The van der Waals surface area contributed by atoms with Gasteiger partial charge in [-0.05, 0) is 36.4 Å². The maximum absolute atomic E-state index is 12.1. The second-order valence-corrected chi connectivity index (χ2v) is 7.64. The minimum Gasteiger partial charge on any atom is -0.324 e. The summed E-state index contributed by atoms with van der Waals surface area (Å²) in [4.78, 5) is 37.9. The molecule has 2 heterocycles. The number of benzene rings is 2. The van der Waals surface area contributed by atoms with Gasteiger partial charge in [-0.2, -0.15) is 15.0 Å². The van der Waals surface area contributed by atoms with Gasteiger partial charge in [0.1, 0.15) is 0 Å². The van der Waals surface area contributed by atoms with E-state index in [0.717, 1.165) is 16.7 Å². The van der Waals surface area contributed by atoms with Gasteiger partial charge in [0.25, 0.3) is 5.24 Å². The zero-order chi connectivity index (χ0) is 20.4. The minimum absolute atomic E-state index is 0.0403. The van der Waals surface area contributed by atoms with E-state index < -0.39 is 11.1 Å². The molecule has 29 heavy (non-hydrogen) atoms. The van der Waals surface area contributed by atoms with Crippen LogP contribution < -0.4 is 15.5 Å². The number of imide groups is 1. The molecule has 11 heteroatoms. The van der Waals surface area contributed by atoms with Gasteiger partial charge in [0.15, 0.2) is 0 Å². The molecule has 0 aliphatic carbocycles. The molecular formula is C18H12Cl2N6O2S. The molecule has 146 valence electrons. The smallest absolute Gasteiger partial charge is 0.295 e. The number of nitrogens with zero attached hydrogens (tertiary/aromatic N) is 4. The van der Waals surface area contributed by atoms with E-state index in [4.69, 9.17) is 23.2 Å². The molecule has 8 nitrogen and oxygen atoms in total. The molecule has 1 aliphatic heterocycles. The van der Waals surface area contributed by atoms with Crippen LogP contribution in [0.1, 0.15) is 0 Å². The fourth-order valence-electron chi connectivity index (χ4n) is 2.51. The van der Waals surface area contributed by atoms with Gasteiger partial charge >= 0.3 is 0 Å². The second-order valence-electron chi connectivity index (χ2n) is 5.84. The maximum Gasteiger partial charge on any atom is 0.295 e. The van der Waals surface area contributed by atoms with Crippen molar-refractivity contribution in [2.24, 2.45) is 0 Å². The first-order valence-corrected chi connectivity index (χ1v) is 10.0. The Morgan fingerprint density at radius 3 is 1.86 bits per heavy atom. The zero-order valence-electron chi connectivity index (χ0n) is 14.6. The van der Waals surface area contributed by atoms with Crippen molar-refractivity contribution in [2.45, 2.75) is 0 Å². The van der Waals surface area contributed by atoms with Crippen LogP contribution in [0, 0.1) is 0 Å². The highest BCUT2D eigenvalue weighted by Gasteiger charge is 2.34. The van der Waals surface area contributed by atoms with Crippen molar-refractivity contribution in [1.82, 2.24) is 15.0 Å². The zero-order valence-corrected chi connectivity index (χ0v) is 16.9. The topological polar surface area (TPSA) is 100 Å². The number of aromatic nitrogens is 3. The van der Waals surface area contributed by atoms with E-state index >= 15 is 0 Å². The van der Waals surface area contributed by atoms with E-state index in [0.29, 0.717) is 21.4 Å². The van der Waals surface area contributed by atoms with Crippen molar-refractivity contribution < 1.29 is 9.59 Å². The lowest BCUT2D eigenvalue weighted by Crippen LogP contribution is -2.30. The number of amides is 2. The average molecular weight is 447 g/mol. The molecule has 0 bridgehead atoms. The van der Waals surface area contributed by atoms with Crippen LogP contribution in [0.2, 0.25) is 10.0 Å². The van der Waals surface area contributed by atoms with E-state index in [1.165, 1.54) is 0 Å². The van der Waals surface area contributed by atoms with E-state index in [2.05, 4.69) is 25.6 Å². The van der Waals surface area contributed by atoms with Crippen LogP contribution in [0.5, 0.6) is 0 Å².